The molecule has 17 heavy (non-hydrogen) atoms. The Morgan fingerprint density at radius 1 is 1.18 bits per heavy atom. The van der Waals surface area contributed by atoms with Crippen molar-refractivity contribution in [3.8, 4) is 0 Å². The van der Waals surface area contributed by atoms with E-state index in [4.69, 9.17) is 4.42 Å². The third kappa shape index (κ3) is 2.05. The van der Waals surface area contributed by atoms with Crippen LogP contribution in [0.2, 0.25) is 0 Å². The summed E-state index contributed by atoms with van der Waals surface area (Å²) in [6.07, 6.45) is 2.71. The number of benzene rings is 1. The zero-order chi connectivity index (χ0) is 11.7. The summed E-state index contributed by atoms with van der Waals surface area (Å²) in [5.74, 6) is 1.06. The van der Waals surface area contributed by atoms with E-state index in [0.717, 1.165) is 29.7 Å². The van der Waals surface area contributed by atoms with E-state index in [1.165, 1.54) is 5.56 Å². The van der Waals surface area contributed by atoms with Gasteiger partial charge in [0.2, 0.25) is 0 Å². The largest absolute Gasteiger partial charge is 0.469 e. The Hall–Kier alpha value is -1.06. The minimum Gasteiger partial charge on any atom is -0.469 e. The number of rotatable bonds is 3. The summed E-state index contributed by atoms with van der Waals surface area (Å²) in [4.78, 5) is 0. The van der Waals surface area contributed by atoms with Crippen LogP contribution < -0.4 is 5.32 Å². The van der Waals surface area contributed by atoms with Crippen molar-refractivity contribution in [3.63, 3.8) is 0 Å². The van der Waals surface area contributed by atoms with Crippen molar-refractivity contribution in [1.82, 2.24) is 5.32 Å². The maximum absolute atomic E-state index is 5.47. The molecule has 0 bridgehead atoms. The van der Waals surface area contributed by atoms with Gasteiger partial charge in [-0.15, -0.1) is 0 Å². The van der Waals surface area contributed by atoms with Crippen LogP contribution in [-0.4, -0.2) is 13.1 Å². The second-order valence-corrected chi connectivity index (χ2v) is 5.56. The van der Waals surface area contributed by atoms with Crippen molar-refractivity contribution < 1.29 is 4.42 Å². The molecule has 1 aliphatic rings. The summed E-state index contributed by atoms with van der Waals surface area (Å²) >= 11 is 3.48. The Labute approximate surface area is 109 Å². The molecule has 3 heteroatoms. The topological polar surface area (TPSA) is 25.2 Å². The van der Waals surface area contributed by atoms with Gasteiger partial charge in [-0.25, -0.2) is 0 Å². The van der Waals surface area contributed by atoms with Gasteiger partial charge in [-0.3, -0.25) is 0 Å². The van der Waals surface area contributed by atoms with Crippen molar-refractivity contribution in [2.45, 2.75) is 11.8 Å². The second-order valence-electron chi connectivity index (χ2n) is 4.65. The normalized spacial score (nSPS) is 17.7. The van der Waals surface area contributed by atoms with Crippen LogP contribution in [0.25, 0.3) is 0 Å². The summed E-state index contributed by atoms with van der Waals surface area (Å²) in [6.45, 7) is 2.05. The fourth-order valence-corrected chi connectivity index (χ4v) is 2.67. The van der Waals surface area contributed by atoms with E-state index in [1.807, 2.05) is 6.07 Å². The Morgan fingerprint density at radius 2 is 1.94 bits per heavy atom. The van der Waals surface area contributed by atoms with Crippen LogP contribution in [0.3, 0.4) is 0 Å². The van der Waals surface area contributed by atoms with Crippen LogP contribution in [-0.2, 0) is 11.8 Å². The average molecular weight is 292 g/mol. The summed E-state index contributed by atoms with van der Waals surface area (Å²) in [5, 5.41) is 3.37. The molecule has 1 saturated heterocycles. The highest BCUT2D eigenvalue weighted by molar-refractivity contribution is 9.10. The van der Waals surface area contributed by atoms with Gasteiger partial charge in [0, 0.05) is 29.4 Å². The smallest absolute Gasteiger partial charge is 0.104 e. The molecule has 88 valence electrons. The molecule has 0 saturated carbocycles. The molecule has 1 aromatic carbocycles. The van der Waals surface area contributed by atoms with Crippen LogP contribution >= 0.6 is 15.9 Å². The summed E-state index contributed by atoms with van der Waals surface area (Å²) in [7, 11) is 0. The number of furan rings is 1. The quantitative estimate of drug-likeness (QED) is 0.940. The molecule has 2 heterocycles. The van der Waals surface area contributed by atoms with Gasteiger partial charge in [0.25, 0.3) is 0 Å². The predicted octanol–water partition coefficient (Wildman–Crippen LogP) is 3.13. The first-order chi connectivity index (χ1) is 8.28. The molecule has 1 aromatic heterocycles. The number of nitrogens with one attached hydrogen (secondary N) is 1. The molecule has 3 rings (SSSR count). The van der Waals surface area contributed by atoms with Crippen LogP contribution in [0.1, 0.15) is 11.3 Å². The van der Waals surface area contributed by atoms with Crippen LogP contribution in [0.5, 0.6) is 0 Å². The highest BCUT2D eigenvalue weighted by Crippen LogP contribution is 2.33. The van der Waals surface area contributed by atoms with Gasteiger partial charge >= 0.3 is 0 Å². The van der Waals surface area contributed by atoms with Gasteiger partial charge in [-0.05, 0) is 29.8 Å². The first kappa shape index (κ1) is 11.1. The molecule has 0 aliphatic carbocycles. The van der Waals surface area contributed by atoms with Crippen LogP contribution in [0.4, 0.5) is 0 Å². The van der Waals surface area contributed by atoms with Crippen LogP contribution in [0, 0.1) is 0 Å². The molecule has 1 N–H and O–H groups in total. The molecule has 0 spiro atoms. The van der Waals surface area contributed by atoms with E-state index in [-0.39, 0.29) is 5.41 Å². The summed E-state index contributed by atoms with van der Waals surface area (Å²) in [5.41, 5.74) is 1.59. The second kappa shape index (κ2) is 4.31. The fourth-order valence-electron chi connectivity index (χ4n) is 2.41. The highest BCUT2D eigenvalue weighted by Gasteiger charge is 2.39. The van der Waals surface area contributed by atoms with E-state index >= 15 is 0 Å². The SMILES string of the molecule is Brc1ccc(C2(Cc3ccco3)CNC2)cc1. The van der Waals surface area contributed by atoms with Gasteiger partial charge in [0.1, 0.15) is 5.76 Å². The highest BCUT2D eigenvalue weighted by atomic mass is 79.9. The lowest BCUT2D eigenvalue weighted by Crippen LogP contribution is -2.58. The Balaban J connectivity index is 1.89. The maximum atomic E-state index is 5.47. The van der Waals surface area contributed by atoms with Crippen molar-refractivity contribution in [3.05, 3.63) is 58.5 Å². The van der Waals surface area contributed by atoms with Crippen molar-refractivity contribution in [2.75, 3.05) is 13.1 Å². The first-order valence-electron chi connectivity index (χ1n) is 5.78. The predicted molar refractivity (Wildman–Crippen MR) is 71.1 cm³/mol. The zero-order valence-corrected chi connectivity index (χ0v) is 11.0. The summed E-state index contributed by atoms with van der Waals surface area (Å²) < 4.78 is 6.60. The molecular weight excluding hydrogens is 278 g/mol. The Morgan fingerprint density at radius 3 is 2.47 bits per heavy atom. The number of halogens is 1. The zero-order valence-electron chi connectivity index (χ0n) is 9.45. The molecule has 1 fully saturated rings. The molecule has 2 aromatic rings. The van der Waals surface area contributed by atoms with Crippen LogP contribution in [0.15, 0.2) is 51.6 Å². The lowest BCUT2D eigenvalue weighted by atomic mass is 9.72. The lowest BCUT2D eigenvalue weighted by Gasteiger charge is -2.43. The van der Waals surface area contributed by atoms with Gasteiger partial charge < -0.3 is 9.73 Å². The molecule has 1 aliphatic heterocycles. The minimum absolute atomic E-state index is 0.207. The molecule has 0 unspecified atom stereocenters. The average Bonchev–Trinajstić information content (AvgIpc) is 2.77. The molecular formula is C14H14BrNO. The third-order valence-corrected chi connectivity index (χ3v) is 4.00. The molecule has 0 radical (unpaired) electrons. The molecule has 0 amide bonds. The number of hydrogen-bond acceptors (Lipinski definition) is 2. The van der Waals surface area contributed by atoms with E-state index in [1.54, 1.807) is 6.26 Å². The lowest BCUT2D eigenvalue weighted by molar-refractivity contribution is 0.258. The van der Waals surface area contributed by atoms with Crippen molar-refractivity contribution in [2.24, 2.45) is 0 Å². The van der Waals surface area contributed by atoms with Gasteiger partial charge in [-0.1, -0.05) is 28.1 Å². The van der Waals surface area contributed by atoms with E-state index in [0.29, 0.717) is 0 Å². The Kier molecular flexibility index (Phi) is 2.81. The monoisotopic (exact) mass is 291 g/mol. The van der Waals surface area contributed by atoms with E-state index < -0.39 is 0 Å². The summed E-state index contributed by atoms with van der Waals surface area (Å²) in [6, 6.07) is 12.6. The molecule has 2 nitrogen and oxygen atoms in total. The van der Waals surface area contributed by atoms with Crippen molar-refractivity contribution >= 4 is 15.9 Å². The van der Waals surface area contributed by atoms with E-state index in [2.05, 4.69) is 51.6 Å². The first-order valence-corrected chi connectivity index (χ1v) is 6.57. The van der Waals surface area contributed by atoms with Crippen molar-refractivity contribution in [1.29, 1.82) is 0 Å². The Bertz CT molecular complexity index is 485. The standard InChI is InChI=1S/C14H14BrNO/c15-12-5-3-11(4-6-12)14(9-16-10-14)8-13-2-1-7-17-13/h1-7,16H,8-10H2. The minimum atomic E-state index is 0.207. The third-order valence-electron chi connectivity index (χ3n) is 3.48. The maximum Gasteiger partial charge on any atom is 0.104 e. The van der Waals surface area contributed by atoms with Gasteiger partial charge in [0.15, 0.2) is 0 Å². The fraction of sp³-hybridized carbons (Fsp3) is 0.286. The van der Waals surface area contributed by atoms with Gasteiger partial charge in [-0.2, -0.15) is 0 Å². The van der Waals surface area contributed by atoms with E-state index in [9.17, 15) is 0 Å². The number of hydrogen-bond donors (Lipinski definition) is 1. The van der Waals surface area contributed by atoms with Gasteiger partial charge in [0.05, 0.1) is 6.26 Å². The molecule has 0 atom stereocenters.